The Kier molecular flexibility index (Phi) is 6.25. The number of hydrogen-bond donors (Lipinski definition) is 2. The predicted octanol–water partition coefficient (Wildman–Crippen LogP) is 2.42. The highest BCUT2D eigenvalue weighted by Gasteiger charge is 2.18. The van der Waals surface area contributed by atoms with Crippen LogP contribution in [0.4, 0.5) is 5.69 Å². The van der Waals surface area contributed by atoms with Crippen LogP contribution in [0, 0.1) is 0 Å². The number of rotatable bonds is 6. The van der Waals surface area contributed by atoms with E-state index in [1.807, 2.05) is 30.3 Å². The predicted molar refractivity (Wildman–Crippen MR) is 85.9 cm³/mol. The smallest absolute Gasteiger partial charge is 0.323 e. The molecular formula is C17H24N2O3. The zero-order valence-electron chi connectivity index (χ0n) is 12.8. The van der Waals surface area contributed by atoms with E-state index < -0.39 is 5.97 Å². The maximum atomic E-state index is 12.2. The minimum absolute atomic E-state index is 0.0762. The van der Waals surface area contributed by atoms with E-state index in [2.05, 4.69) is 5.32 Å². The Morgan fingerprint density at radius 3 is 2.27 bits per heavy atom. The third-order valence-corrected chi connectivity index (χ3v) is 4.00. The summed E-state index contributed by atoms with van der Waals surface area (Å²) in [7, 11) is 0. The largest absolute Gasteiger partial charge is 0.480 e. The summed E-state index contributed by atoms with van der Waals surface area (Å²) in [6.07, 6.45) is 6.83. The van der Waals surface area contributed by atoms with Gasteiger partial charge in [0.2, 0.25) is 5.91 Å². The van der Waals surface area contributed by atoms with E-state index in [1.165, 1.54) is 12.8 Å². The average molecular weight is 304 g/mol. The Morgan fingerprint density at radius 1 is 1.05 bits per heavy atom. The fourth-order valence-electron chi connectivity index (χ4n) is 2.91. The molecule has 0 atom stereocenters. The molecule has 120 valence electrons. The molecule has 0 spiro atoms. The molecule has 22 heavy (non-hydrogen) atoms. The minimum atomic E-state index is -0.939. The summed E-state index contributed by atoms with van der Waals surface area (Å²) in [6.45, 7) is -0.102. The summed E-state index contributed by atoms with van der Waals surface area (Å²) in [5.41, 5.74) is 0.751. The molecule has 0 bridgehead atoms. The second kappa shape index (κ2) is 8.41. The quantitative estimate of drug-likeness (QED) is 0.792. The number of carboxylic acids is 1. The molecule has 1 aromatic carbocycles. The van der Waals surface area contributed by atoms with Crippen LogP contribution in [-0.2, 0) is 9.59 Å². The van der Waals surface area contributed by atoms with Crippen LogP contribution in [0.15, 0.2) is 30.3 Å². The molecule has 0 aliphatic heterocycles. The molecule has 1 amide bonds. The van der Waals surface area contributed by atoms with Crippen LogP contribution in [-0.4, -0.2) is 36.1 Å². The van der Waals surface area contributed by atoms with Crippen LogP contribution in [0.25, 0.3) is 0 Å². The molecule has 1 saturated carbocycles. The maximum absolute atomic E-state index is 12.2. The van der Waals surface area contributed by atoms with Gasteiger partial charge >= 0.3 is 5.97 Å². The highest BCUT2D eigenvalue weighted by atomic mass is 16.4. The lowest BCUT2D eigenvalue weighted by Gasteiger charge is -2.24. The van der Waals surface area contributed by atoms with Gasteiger partial charge in [-0.15, -0.1) is 0 Å². The number of nitrogens with zero attached hydrogens (tertiary/aromatic N) is 1. The fraction of sp³-hybridized carbons (Fsp3) is 0.529. The Labute approximate surface area is 131 Å². The first-order valence-corrected chi connectivity index (χ1v) is 7.96. The number of benzene rings is 1. The first-order valence-electron chi connectivity index (χ1n) is 7.96. The third-order valence-electron chi connectivity index (χ3n) is 4.00. The van der Waals surface area contributed by atoms with Gasteiger partial charge in [-0.2, -0.15) is 0 Å². The van der Waals surface area contributed by atoms with E-state index in [0.29, 0.717) is 0 Å². The van der Waals surface area contributed by atoms with Gasteiger partial charge < -0.3 is 15.3 Å². The summed E-state index contributed by atoms with van der Waals surface area (Å²) < 4.78 is 0. The number of anilines is 1. The van der Waals surface area contributed by atoms with Crippen LogP contribution in [0.5, 0.6) is 0 Å². The summed E-state index contributed by atoms with van der Waals surface area (Å²) in [4.78, 5) is 24.9. The van der Waals surface area contributed by atoms with Crippen LogP contribution in [0.1, 0.15) is 38.5 Å². The first kappa shape index (κ1) is 16.3. The van der Waals surface area contributed by atoms with Crippen LogP contribution in [0.3, 0.4) is 0 Å². The van der Waals surface area contributed by atoms with E-state index in [0.717, 1.165) is 31.4 Å². The standard InChI is InChI=1S/C17H24N2O3/c20-16(18-14-8-4-1-2-5-9-14)12-19(13-17(21)22)15-10-6-3-7-11-15/h3,6-7,10-11,14H,1-2,4-5,8-9,12-13H2,(H,18,20)(H,21,22). The lowest BCUT2D eigenvalue weighted by atomic mass is 10.1. The van der Waals surface area contributed by atoms with Crippen molar-refractivity contribution in [2.45, 2.75) is 44.6 Å². The summed E-state index contributed by atoms with van der Waals surface area (Å²) in [5.74, 6) is -1.04. The van der Waals surface area contributed by atoms with Gasteiger partial charge in [-0.1, -0.05) is 43.9 Å². The van der Waals surface area contributed by atoms with E-state index in [9.17, 15) is 9.59 Å². The van der Waals surface area contributed by atoms with E-state index in [4.69, 9.17) is 5.11 Å². The molecule has 1 aliphatic carbocycles. The van der Waals surface area contributed by atoms with Gasteiger partial charge in [0.05, 0.1) is 6.54 Å². The second-order valence-electron chi connectivity index (χ2n) is 5.84. The zero-order valence-corrected chi connectivity index (χ0v) is 12.8. The van der Waals surface area contributed by atoms with Gasteiger partial charge in [0, 0.05) is 11.7 Å². The number of aliphatic carboxylic acids is 1. The number of carboxylic acid groups (broad SMARTS) is 1. The number of hydrogen-bond acceptors (Lipinski definition) is 3. The Balaban J connectivity index is 1.94. The molecule has 2 rings (SSSR count). The highest BCUT2D eigenvalue weighted by molar-refractivity contribution is 5.84. The van der Waals surface area contributed by atoms with Crippen LogP contribution < -0.4 is 10.2 Å². The lowest BCUT2D eigenvalue weighted by Crippen LogP contribution is -2.43. The summed E-state index contributed by atoms with van der Waals surface area (Å²) in [6, 6.07) is 9.43. The normalized spacial score (nSPS) is 15.8. The van der Waals surface area contributed by atoms with Gasteiger partial charge in [0.1, 0.15) is 6.54 Å². The molecule has 1 aliphatic rings. The number of carbonyl (C=O) groups excluding carboxylic acids is 1. The number of carbonyl (C=O) groups is 2. The number of amides is 1. The van der Waals surface area contributed by atoms with Crippen molar-refractivity contribution in [2.24, 2.45) is 0 Å². The maximum Gasteiger partial charge on any atom is 0.323 e. The number of nitrogens with one attached hydrogen (secondary N) is 1. The Bertz CT molecular complexity index is 482. The minimum Gasteiger partial charge on any atom is -0.480 e. The molecule has 1 fully saturated rings. The molecule has 1 aromatic rings. The molecule has 2 N–H and O–H groups in total. The molecule has 0 radical (unpaired) electrons. The van der Waals surface area contributed by atoms with Crippen LogP contribution >= 0.6 is 0 Å². The van der Waals surface area contributed by atoms with Gasteiger partial charge in [-0.05, 0) is 25.0 Å². The first-order chi connectivity index (χ1) is 10.6. The third kappa shape index (κ3) is 5.39. The topological polar surface area (TPSA) is 69.6 Å². The van der Waals surface area contributed by atoms with Crippen molar-refractivity contribution in [2.75, 3.05) is 18.0 Å². The van der Waals surface area contributed by atoms with Crippen molar-refractivity contribution in [3.05, 3.63) is 30.3 Å². The molecule has 0 heterocycles. The lowest BCUT2D eigenvalue weighted by molar-refractivity contribution is -0.135. The van der Waals surface area contributed by atoms with E-state index in [1.54, 1.807) is 4.90 Å². The molecule has 5 nitrogen and oxygen atoms in total. The van der Waals surface area contributed by atoms with E-state index in [-0.39, 0.29) is 25.0 Å². The molecule has 5 heteroatoms. The molecule has 0 saturated heterocycles. The van der Waals surface area contributed by atoms with Crippen molar-refractivity contribution in [1.29, 1.82) is 0 Å². The second-order valence-corrected chi connectivity index (χ2v) is 5.84. The van der Waals surface area contributed by atoms with Gasteiger partial charge in [-0.25, -0.2) is 0 Å². The van der Waals surface area contributed by atoms with Gasteiger partial charge in [0.25, 0.3) is 0 Å². The highest BCUT2D eigenvalue weighted by Crippen LogP contribution is 2.17. The average Bonchev–Trinajstić information content (AvgIpc) is 2.75. The monoisotopic (exact) mass is 304 g/mol. The number of para-hydroxylation sites is 1. The molecular weight excluding hydrogens is 280 g/mol. The van der Waals surface area contributed by atoms with E-state index >= 15 is 0 Å². The van der Waals surface area contributed by atoms with Crippen LogP contribution in [0.2, 0.25) is 0 Å². The SMILES string of the molecule is O=C(O)CN(CC(=O)NC1CCCCCC1)c1ccccc1. The molecule has 0 aromatic heterocycles. The fourth-order valence-corrected chi connectivity index (χ4v) is 2.91. The van der Waals surface area contributed by atoms with Crippen molar-refractivity contribution < 1.29 is 14.7 Å². The Morgan fingerprint density at radius 2 is 1.68 bits per heavy atom. The van der Waals surface area contributed by atoms with Crippen molar-refractivity contribution in [1.82, 2.24) is 5.32 Å². The zero-order chi connectivity index (χ0) is 15.8. The van der Waals surface area contributed by atoms with Crippen molar-refractivity contribution in [3.8, 4) is 0 Å². The summed E-state index contributed by atoms with van der Waals surface area (Å²) >= 11 is 0. The van der Waals surface area contributed by atoms with Crippen molar-refractivity contribution >= 4 is 17.6 Å². The Hall–Kier alpha value is -2.04. The molecule has 0 unspecified atom stereocenters. The van der Waals surface area contributed by atoms with Gasteiger partial charge in [0.15, 0.2) is 0 Å². The summed E-state index contributed by atoms with van der Waals surface area (Å²) in [5, 5.41) is 12.1. The van der Waals surface area contributed by atoms with Gasteiger partial charge in [-0.3, -0.25) is 9.59 Å². The van der Waals surface area contributed by atoms with Crippen molar-refractivity contribution in [3.63, 3.8) is 0 Å².